The van der Waals surface area contributed by atoms with E-state index in [1.807, 2.05) is 54.6 Å². The average Bonchev–Trinajstić information content (AvgIpc) is 2.87. The number of benzene rings is 3. The number of hydrogen-bond donors (Lipinski definition) is 0. The van der Waals surface area contributed by atoms with E-state index in [2.05, 4.69) is 4.90 Å². The first-order valence-electron chi connectivity index (χ1n) is 10.7. The number of nitrogens with zero attached hydrogens (tertiary/aromatic N) is 4. The summed E-state index contributed by atoms with van der Waals surface area (Å²) in [6.07, 6.45) is 0. The van der Waals surface area contributed by atoms with Gasteiger partial charge in [0.2, 0.25) is 0 Å². The molecule has 0 saturated carbocycles. The van der Waals surface area contributed by atoms with Crippen molar-refractivity contribution < 1.29 is 19.4 Å². The topological polar surface area (TPSA) is 119 Å². The summed E-state index contributed by atoms with van der Waals surface area (Å²) in [5.41, 5.74) is 1.05. The lowest BCUT2D eigenvalue weighted by Crippen LogP contribution is -2.48. The zero-order valence-electron chi connectivity index (χ0n) is 18.2. The van der Waals surface area contributed by atoms with Crippen molar-refractivity contribution in [3.8, 4) is 5.75 Å². The molecule has 0 N–H and O–H groups in total. The normalized spacial score (nSPS) is 13.4. The number of rotatable bonds is 7. The SMILES string of the molecule is O=C(c1cc([N+](=O)[O-])cc([N+](=O)[O-])c1)N1CCN(c2ccc(OCc3ccccc3)cc2)CC1. The number of anilines is 1. The number of piperazine rings is 1. The molecule has 0 bridgehead atoms. The van der Waals surface area contributed by atoms with Crippen molar-refractivity contribution in [3.05, 3.63) is 104 Å². The molecular weight excluding hydrogens is 440 g/mol. The highest BCUT2D eigenvalue weighted by molar-refractivity contribution is 5.95. The van der Waals surface area contributed by atoms with Crippen LogP contribution < -0.4 is 9.64 Å². The molecule has 1 aliphatic heterocycles. The maximum absolute atomic E-state index is 12.9. The monoisotopic (exact) mass is 462 g/mol. The minimum atomic E-state index is -0.741. The molecule has 1 aliphatic rings. The Bertz CT molecular complexity index is 1160. The molecule has 10 nitrogen and oxygen atoms in total. The number of non-ortho nitro benzene ring substituents is 2. The highest BCUT2D eigenvalue weighted by Gasteiger charge is 2.26. The molecule has 10 heteroatoms. The number of carbonyl (C=O) groups is 1. The molecule has 1 fully saturated rings. The highest BCUT2D eigenvalue weighted by Crippen LogP contribution is 2.25. The molecule has 0 spiro atoms. The van der Waals surface area contributed by atoms with Gasteiger partial charge in [-0.05, 0) is 29.8 Å². The Labute approximate surface area is 195 Å². The quantitative estimate of drug-likeness (QED) is 0.384. The first-order chi connectivity index (χ1) is 16.4. The Morgan fingerprint density at radius 1 is 0.824 bits per heavy atom. The molecule has 1 heterocycles. The van der Waals surface area contributed by atoms with Gasteiger partial charge in [-0.2, -0.15) is 0 Å². The van der Waals surface area contributed by atoms with Gasteiger partial charge in [-0.3, -0.25) is 25.0 Å². The van der Waals surface area contributed by atoms with Crippen molar-refractivity contribution in [2.45, 2.75) is 6.61 Å². The summed E-state index contributed by atoms with van der Waals surface area (Å²) in [6, 6.07) is 20.6. The molecule has 1 saturated heterocycles. The van der Waals surface area contributed by atoms with Crippen LogP contribution in [-0.2, 0) is 6.61 Å². The predicted octanol–water partition coefficient (Wildman–Crippen LogP) is 4.04. The van der Waals surface area contributed by atoms with Gasteiger partial charge < -0.3 is 14.5 Å². The largest absolute Gasteiger partial charge is 0.489 e. The van der Waals surface area contributed by atoms with E-state index in [1.54, 1.807) is 4.90 Å². The average molecular weight is 462 g/mol. The summed E-state index contributed by atoms with van der Waals surface area (Å²) in [4.78, 5) is 37.3. The van der Waals surface area contributed by atoms with Gasteiger partial charge in [-0.25, -0.2) is 0 Å². The molecule has 3 aromatic carbocycles. The maximum atomic E-state index is 12.9. The van der Waals surface area contributed by atoms with Gasteiger partial charge >= 0.3 is 0 Å². The van der Waals surface area contributed by atoms with E-state index in [0.717, 1.165) is 35.2 Å². The molecule has 0 aromatic heterocycles. The van der Waals surface area contributed by atoms with Gasteiger partial charge in [-0.1, -0.05) is 30.3 Å². The number of nitro benzene ring substituents is 2. The van der Waals surface area contributed by atoms with Crippen LogP contribution in [0.2, 0.25) is 0 Å². The maximum Gasteiger partial charge on any atom is 0.277 e. The van der Waals surface area contributed by atoms with E-state index in [4.69, 9.17) is 4.74 Å². The summed E-state index contributed by atoms with van der Waals surface area (Å²) >= 11 is 0. The molecular formula is C24H22N4O6. The van der Waals surface area contributed by atoms with Crippen LogP contribution in [-0.4, -0.2) is 46.8 Å². The Kier molecular flexibility index (Phi) is 6.67. The second kappa shape index (κ2) is 9.99. The molecule has 3 aromatic rings. The van der Waals surface area contributed by atoms with E-state index in [1.165, 1.54) is 0 Å². The summed E-state index contributed by atoms with van der Waals surface area (Å²) in [7, 11) is 0. The first kappa shape index (κ1) is 22.7. The summed E-state index contributed by atoms with van der Waals surface area (Å²) in [5, 5.41) is 22.2. The van der Waals surface area contributed by atoms with Crippen molar-refractivity contribution in [1.82, 2.24) is 4.90 Å². The molecule has 0 unspecified atom stereocenters. The summed E-state index contributed by atoms with van der Waals surface area (Å²) in [6.45, 7) is 2.39. The van der Waals surface area contributed by atoms with Crippen LogP contribution >= 0.6 is 0 Å². The van der Waals surface area contributed by atoms with Crippen molar-refractivity contribution in [1.29, 1.82) is 0 Å². The zero-order chi connectivity index (χ0) is 24.1. The summed E-state index contributed by atoms with van der Waals surface area (Å²) in [5.74, 6) is 0.296. The minimum Gasteiger partial charge on any atom is -0.489 e. The van der Waals surface area contributed by atoms with Gasteiger partial charge in [0.15, 0.2) is 0 Å². The molecule has 174 valence electrons. The van der Waals surface area contributed by atoms with Crippen molar-refractivity contribution in [2.24, 2.45) is 0 Å². The van der Waals surface area contributed by atoms with Crippen molar-refractivity contribution in [2.75, 3.05) is 31.1 Å². The third-order valence-electron chi connectivity index (χ3n) is 5.59. The number of ether oxygens (including phenoxy) is 1. The van der Waals surface area contributed by atoms with Gasteiger partial charge in [0.1, 0.15) is 12.4 Å². The second-order valence-corrected chi connectivity index (χ2v) is 7.80. The number of nitro groups is 2. The van der Waals surface area contributed by atoms with Gasteiger partial charge in [0.25, 0.3) is 17.3 Å². The molecule has 0 radical (unpaired) electrons. The second-order valence-electron chi connectivity index (χ2n) is 7.80. The summed E-state index contributed by atoms with van der Waals surface area (Å²) < 4.78 is 5.82. The molecule has 1 amide bonds. The van der Waals surface area contributed by atoms with Crippen LogP contribution in [0.1, 0.15) is 15.9 Å². The Balaban J connectivity index is 1.36. The standard InChI is InChI=1S/C24H22N4O6/c29-24(19-14-21(27(30)31)16-22(15-19)28(32)33)26-12-10-25(11-13-26)20-6-8-23(9-7-20)34-17-18-4-2-1-3-5-18/h1-9,14-16H,10-13,17H2. The van der Waals surface area contributed by atoms with Gasteiger partial charge in [-0.15, -0.1) is 0 Å². The van der Waals surface area contributed by atoms with Crippen molar-refractivity contribution >= 4 is 23.0 Å². The molecule has 0 aliphatic carbocycles. The lowest BCUT2D eigenvalue weighted by Gasteiger charge is -2.36. The van der Waals surface area contributed by atoms with E-state index in [-0.39, 0.29) is 5.56 Å². The van der Waals surface area contributed by atoms with Gasteiger partial charge in [0.05, 0.1) is 21.5 Å². The van der Waals surface area contributed by atoms with Crippen molar-refractivity contribution in [3.63, 3.8) is 0 Å². The number of carbonyl (C=O) groups excluding carboxylic acids is 1. The van der Waals surface area contributed by atoms with Crippen LogP contribution in [0.25, 0.3) is 0 Å². The predicted molar refractivity (Wildman–Crippen MR) is 125 cm³/mol. The zero-order valence-corrected chi connectivity index (χ0v) is 18.2. The van der Waals surface area contributed by atoms with Crippen LogP contribution in [0.3, 0.4) is 0 Å². The Morgan fingerprint density at radius 3 is 1.97 bits per heavy atom. The minimum absolute atomic E-state index is 0.0609. The number of amides is 1. The van der Waals surface area contributed by atoms with E-state index in [9.17, 15) is 25.0 Å². The lowest BCUT2D eigenvalue weighted by atomic mass is 10.1. The van der Waals surface area contributed by atoms with Crippen LogP contribution in [0.5, 0.6) is 5.75 Å². The van der Waals surface area contributed by atoms with Gasteiger partial charge in [0, 0.05) is 44.0 Å². The smallest absolute Gasteiger partial charge is 0.277 e. The molecule has 34 heavy (non-hydrogen) atoms. The fourth-order valence-corrected chi connectivity index (χ4v) is 3.77. The Hall–Kier alpha value is -4.47. The van der Waals surface area contributed by atoms with E-state index < -0.39 is 27.1 Å². The van der Waals surface area contributed by atoms with Crippen LogP contribution in [0, 0.1) is 20.2 Å². The molecule has 0 atom stereocenters. The lowest BCUT2D eigenvalue weighted by molar-refractivity contribution is -0.394. The van der Waals surface area contributed by atoms with Crippen LogP contribution in [0.15, 0.2) is 72.8 Å². The number of hydrogen-bond acceptors (Lipinski definition) is 7. The van der Waals surface area contributed by atoms with E-state index in [0.29, 0.717) is 32.8 Å². The van der Waals surface area contributed by atoms with E-state index >= 15 is 0 Å². The van der Waals surface area contributed by atoms with Crippen LogP contribution in [0.4, 0.5) is 17.1 Å². The fourth-order valence-electron chi connectivity index (χ4n) is 3.77. The molecule has 4 rings (SSSR count). The highest BCUT2D eigenvalue weighted by atomic mass is 16.6. The third-order valence-corrected chi connectivity index (χ3v) is 5.59. The first-order valence-corrected chi connectivity index (χ1v) is 10.7. The Morgan fingerprint density at radius 2 is 1.41 bits per heavy atom. The third kappa shape index (κ3) is 5.29. The fraction of sp³-hybridized carbons (Fsp3) is 0.208.